The number of ether oxygens (including phenoxy) is 1. The fourth-order valence-electron chi connectivity index (χ4n) is 4.09. The van der Waals surface area contributed by atoms with Crippen molar-refractivity contribution in [3.05, 3.63) is 53.1 Å². The summed E-state index contributed by atoms with van der Waals surface area (Å²) in [6.07, 6.45) is 1.73. The second-order valence-electron chi connectivity index (χ2n) is 7.62. The number of nitrogens with zero attached hydrogens (tertiary/aromatic N) is 3. The van der Waals surface area contributed by atoms with E-state index in [0.717, 1.165) is 11.3 Å². The highest BCUT2D eigenvalue weighted by atomic mass is 19.1. The monoisotopic (exact) mass is 401 g/mol. The van der Waals surface area contributed by atoms with Crippen LogP contribution in [0.15, 0.2) is 30.3 Å². The second kappa shape index (κ2) is 8.76. The molecule has 1 aliphatic rings. The molecule has 156 valence electrons. The molecule has 1 atom stereocenters. The molecular weight excluding hydrogens is 373 g/mol. The molecule has 1 saturated heterocycles. The summed E-state index contributed by atoms with van der Waals surface area (Å²) in [4.78, 5) is 27.9. The summed E-state index contributed by atoms with van der Waals surface area (Å²) in [5.74, 6) is -0.746. The molecule has 0 unspecified atom stereocenters. The van der Waals surface area contributed by atoms with Crippen LogP contribution in [0.5, 0.6) is 0 Å². The molecule has 3 rings (SSSR count). The minimum atomic E-state index is -0.839. The number of carbonyl (C=O) groups is 2. The Morgan fingerprint density at radius 3 is 2.62 bits per heavy atom. The van der Waals surface area contributed by atoms with Crippen molar-refractivity contribution in [2.24, 2.45) is 5.41 Å². The van der Waals surface area contributed by atoms with Crippen LogP contribution in [0.2, 0.25) is 0 Å². The van der Waals surface area contributed by atoms with Crippen LogP contribution in [-0.4, -0.2) is 46.3 Å². The van der Waals surface area contributed by atoms with Crippen molar-refractivity contribution in [3.8, 4) is 0 Å². The van der Waals surface area contributed by atoms with Gasteiger partial charge in [-0.05, 0) is 63.8 Å². The Balaban J connectivity index is 1.89. The number of hydrogen-bond donors (Lipinski definition) is 0. The molecule has 0 bridgehead atoms. The fraction of sp³-hybridized carbons (Fsp3) is 0.500. The summed E-state index contributed by atoms with van der Waals surface area (Å²) < 4.78 is 20.4. The molecule has 0 aliphatic carbocycles. The largest absolute Gasteiger partial charge is 0.466 e. The predicted molar refractivity (Wildman–Crippen MR) is 107 cm³/mol. The Kier molecular flexibility index (Phi) is 6.35. The van der Waals surface area contributed by atoms with E-state index in [4.69, 9.17) is 4.74 Å². The molecule has 29 heavy (non-hydrogen) atoms. The molecule has 2 heterocycles. The van der Waals surface area contributed by atoms with Crippen LogP contribution in [0, 0.1) is 18.2 Å². The standard InChI is InChI=1S/C22H28FN3O3/c1-4-26-19(13-16(3)24-26)20(27)25-12-6-11-22(15-25,21(28)29-5-2)14-17-7-9-18(23)10-8-17/h7-10,13H,4-6,11-12,14-15H2,1-3H3/t22-/m1/s1. The van der Waals surface area contributed by atoms with Crippen LogP contribution in [-0.2, 0) is 22.5 Å². The molecule has 0 radical (unpaired) electrons. The van der Waals surface area contributed by atoms with Gasteiger partial charge in [-0.2, -0.15) is 5.10 Å². The number of carbonyl (C=O) groups excluding carboxylic acids is 2. The Labute approximate surface area is 170 Å². The molecule has 1 amide bonds. The van der Waals surface area contributed by atoms with Gasteiger partial charge in [0, 0.05) is 19.6 Å². The molecule has 0 spiro atoms. The number of hydrogen-bond acceptors (Lipinski definition) is 4. The number of amides is 1. The molecule has 1 aromatic carbocycles. The molecule has 0 saturated carbocycles. The van der Waals surface area contributed by atoms with Gasteiger partial charge < -0.3 is 9.64 Å². The maximum Gasteiger partial charge on any atom is 0.314 e. The molecule has 7 heteroatoms. The number of esters is 1. The fourth-order valence-corrected chi connectivity index (χ4v) is 4.09. The van der Waals surface area contributed by atoms with Crippen molar-refractivity contribution in [3.63, 3.8) is 0 Å². The Morgan fingerprint density at radius 2 is 1.97 bits per heavy atom. The van der Waals surface area contributed by atoms with Crippen LogP contribution in [0.25, 0.3) is 0 Å². The Bertz CT molecular complexity index is 878. The van der Waals surface area contributed by atoms with Gasteiger partial charge in [-0.25, -0.2) is 4.39 Å². The van der Waals surface area contributed by atoms with Gasteiger partial charge in [0.05, 0.1) is 17.7 Å². The van der Waals surface area contributed by atoms with Crippen LogP contribution in [0.3, 0.4) is 0 Å². The van der Waals surface area contributed by atoms with Gasteiger partial charge in [-0.3, -0.25) is 14.3 Å². The lowest BCUT2D eigenvalue weighted by Gasteiger charge is -2.41. The zero-order valence-corrected chi connectivity index (χ0v) is 17.3. The van der Waals surface area contributed by atoms with Crippen molar-refractivity contribution in [1.82, 2.24) is 14.7 Å². The van der Waals surface area contributed by atoms with E-state index in [1.54, 1.807) is 34.7 Å². The maximum absolute atomic E-state index is 13.3. The van der Waals surface area contributed by atoms with Gasteiger partial charge in [-0.1, -0.05) is 12.1 Å². The van der Waals surface area contributed by atoms with Gasteiger partial charge in [0.25, 0.3) is 5.91 Å². The SMILES string of the molecule is CCOC(=O)[C@@]1(Cc2ccc(F)cc2)CCCN(C(=O)c2cc(C)nn2CC)C1. The Hall–Kier alpha value is -2.70. The highest BCUT2D eigenvalue weighted by molar-refractivity contribution is 5.93. The highest BCUT2D eigenvalue weighted by Crippen LogP contribution is 2.36. The number of benzene rings is 1. The number of aryl methyl sites for hydroxylation is 2. The molecule has 1 aromatic heterocycles. The molecule has 6 nitrogen and oxygen atoms in total. The topological polar surface area (TPSA) is 64.4 Å². The number of rotatable bonds is 6. The highest BCUT2D eigenvalue weighted by Gasteiger charge is 2.45. The maximum atomic E-state index is 13.3. The smallest absolute Gasteiger partial charge is 0.314 e. The lowest BCUT2D eigenvalue weighted by atomic mass is 9.75. The van der Waals surface area contributed by atoms with Crippen LogP contribution in [0.4, 0.5) is 4.39 Å². The number of aromatic nitrogens is 2. The third-order valence-electron chi connectivity index (χ3n) is 5.45. The van der Waals surface area contributed by atoms with Crippen molar-refractivity contribution < 1.29 is 18.7 Å². The summed E-state index contributed by atoms with van der Waals surface area (Å²) in [5, 5.41) is 4.36. The first-order chi connectivity index (χ1) is 13.9. The van der Waals surface area contributed by atoms with Crippen molar-refractivity contribution >= 4 is 11.9 Å². The zero-order chi connectivity index (χ0) is 21.0. The van der Waals surface area contributed by atoms with Gasteiger partial charge >= 0.3 is 5.97 Å². The number of likely N-dealkylation sites (tertiary alicyclic amines) is 1. The van der Waals surface area contributed by atoms with Gasteiger partial charge in [0.1, 0.15) is 11.5 Å². The lowest BCUT2D eigenvalue weighted by Crippen LogP contribution is -2.52. The van der Waals surface area contributed by atoms with Crippen LogP contribution < -0.4 is 0 Å². The molecular formula is C22H28FN3O3. The third-order valence-corrected chi connectivity index (χ3v) is 5.45. The normalized spacial score (nSPS) is 19.2. The molecule has 0 N–H and O–H groups in total. The summed E-state index contributed by atoms with van der Waals surface area (Å²) in [6, 6.07) is 7.94. The van der Waals surface area contributed by atoms with Crippen molar-refractivity contribution in [1.29, 1.82) is 0 Å². The first-order valence-electron chi connectivity index (χ1n) is 10.1. The van der Waals surface area contributed by atoms with E-state index in [0.29, 0.717) is 38.0 Å². The van der Waals surface area contributed by atoms with E-state index in [1.807, 2.05) is 13.8 Å². The van der Waals surface area contributed by atoms with Crippen LogP contribution in [0.1, 0.15) is 48.4 Å². The van der Waals surface area contributed by atoms with E-state index >= 15 is 0 Å². The molecule has 1 fully saturated rings. The quantitative estimate of drug-likeness (QED) is 0.696. The van der Waals surface area contributed by atoms with Crippen molar-refractivity contribution in [2.75, 3.05) is 19.7 Å². The summed E-state index contributed by atoms with van der Waals surface area (Å²) in [6.45, 7) is 7.31. The minimum Gasteiger partial charge on any atom is -0.466 e. The van der Waals surface area contributed by atoms with E-state index < -0.39 is 5.41 Å². The average Bonchev–Trinajstić information content (AvgIpc) is 3.10. The predicted octanol–water partition coefficient (Wildman–Crippen LogP) is 3.38. The molecule has 1 aliphatic heterocycles. The van der Waals surface area contributed by atoms with Crippen LogP contribution >= 0.6 is 0 Å². The van der Waals surface area contributed by atoms with Gasteiger partial charge in [-0.15, -0.1) is 0 Å². The summed E-state index contributed by atoms with van der Waals surface area (Å²) >= 11 is 0. The van der Waals surface area contributed by atoms with Gasteiger partial charge in [0.15, 0.2) is 0 Å². The first-order valence-corrected chi connectivity index (χ1v) is 10.1. The van der Waals surface area contributed by atoms with E-state index in [1.165, 1.54) is 12.1 Å². The van der Waals surface area contributed by atoms with E-state index in [-0.39, 0.29) is 30.8 Å². The molecule has 2 aromatic rings. The second-order valence-corrected chi connectivity index (χ2v) is 7.62. The summed E-state index contributed by atoms with van der Waals surface area (Å²) in [5.41, 5.74) is 1.33. The number of piperidine rings is 1. The van der Waals surface area contributed by atoms with E-state index in [2.05, 4.69) is 5.10 Å². The van der Waals surface area contributed by atoms with E-state index in [9.17, 15) is 14.0 Å². The lowest BCUT2D eigenvalue weighted by molar-refractivity contribution is -0.158. The number of halogens is 1. The summed E-state index contributed by atoms with van der Waals surface area (Å²) in [7, 11) is 0. The zero-order valence-electron chi connectivity index (χ0n) is 17.3. The Morgan fingerprint density at radius 1 is 1.24 bits per heavy atom. The first kappa shape index (κ1) is 21.0. The van der Waals surface area contributed by atoms with Gasteiger partial charge in [0.2, 0.25) is 0 Å². The average molecular weight is 401 g/mol. The minimum absolute atomic E-state index is 0.125. The third kappa shape index (κ3) is 4.49. The van der Waals surface area contributed by atoms with Crippen molar-refractivity contribution in [2.45, 2.75) is 46.6 Å².